The Kier molecular flexibility index (Phi) is 9.24. The number of halogens is 3. The highest BCUT2D eigenvalue weighted by molar-refractivity contribution is 5.79. The van der Waals surface area contributed by atoms with E-state index in [4.69, 9.17) is 9.15 Å². The van der Waals surface area contributed by atoms with Gasteiger partial charge in [0, 0.05) is 33.3 Å². The van der Waals surface area contributed by atoms with E-state index in [1.807, 2.05) is 12.1 Å². The SMILES string of the molecule is CN=C(NCCCOCc1ccco1)NCCN(C)CC(F)(F)F. The lowest BCUT2D eigenvalue weighted by atomic mass is 10.4. The zero-order chi connectivity index (χ0) is 17.8. The van der Waals surface area contributed by atoms with Gasteiger partial charge in [0.15, 0.2) is 5.96 Å². The van der Waals surface area contributed by atoms with Crippen LogP contribution in [-0.4, -0.2) is 63.9 Å². The third kappa shape index (κ3) is 10.1. The monoisotopic (exact) mass is 350 g/mol. The van der Waals surface area contributed by atoms with Gasteiger partial charge in [0.05, 0.1) is 12.8 Å². The molecule has 1 heterocycles. The summed E-state index contributed by atoms with van der Waals surface area (Å²) in [6.07, 6.45) is -1.80. The smallest absolute Gasteiger partial charge is 0.401 e. The highest BCUT2D eigenvalue weighted by atomic mass is 19.4. The number of furan rings is 1. The minimum Gasteiger partial charge on any atom is -0.467 e. The summed E-state index contributed by atoms with van der Waals surface area (Å²) in [5.74, 6) is 1.34. The number of ether oxygens (including phenoxy) is 1. The standard InChI is InChI=1S/C15H25F3N4O2/c1-19-14(21-7-8-22(2)12-15(16,17)18)20-6-4-9-23-11-13-5-3-10-24-13/h3,5,10H,4,6-9,11-12H2,1-2H3,(H2,19,20,21). The predicted octanol–water partition coefficient (Wildman–Crippen LogP) is 1.85. The van der Waals surface area contributed by atoms with Crippen LogP contribution in [0.3, 0.4) is 0 Å². The van der Waals surface area contributed by atoms with E-state index in [0.717, 1.165) is 12.2 Å². The lowest BCUT2D eigenvalue weighted by Gasteiger charge is -2.19. The van der Waals surface area contributed by atoms with Gasteiger partial charge >= 0.3 is 6.18 Å². The molecule has 0 radical (unpaired) electrons. The molecule has 0 amide bonds. The molecule has 6 nitrogen and oxygen atoms in total. The van der Waals surface area contributed by atoms with Crippen LogP contribution in [0.5, 0.6) is 0 Å². The fourth-order valence-electron chi connectivity index (χ4n) is 1.92. The van der Waals surface area contributed by atoms with Gasteiger partial charge in [0.1, 0.15) is 12.4 Å². The molecule has 24 heavy (non-hydrogen) atoms. The summed E-state index contributed by atoms with van der Waals surface area (Å²) in [6.45, 7) is 1.38. The summed E-state index contributed by atoms with van der Waals surface area (Å²) in [5, 5.41) is 6.05. The molecule has 0 aromatic carbocycles. The lowest BCUT2D eigenvalue weighted by Crippen LogP contribution is -2.42. The van der Waals surface area contributed by atoms with Crippen LogP contribution in [0.4, 0.5) is 13.2 Å². The fraction of sp³-hybridized carbons (Fsp3) is 0.667. The second kappa shape index (κ2) is 10.9. The van der Waals surface area contributed by atoms with Gasteiger partial charge in [-0.25, -0.2) is 0 Å². The van der Waals surface area contributed by atoms with E-state index >= 15 is 0 Å². The maximum atomic E-state index is 12.2. The number of alkyl halides is 3. The maximum absolute atomic E-state index is 12.2. The molecule has 0 bridgehead atoms. The molecule has 0 unspecified atom stereocenters. The normalized spacial score (nSPS) is 12.7. The summed E-state index contributed by atoms with van der Waals surface area (Å²) in [4.78, 5) is 5.23. The maximum Gasteiger partial charge on any atom is 0.401 e. The van der Waals surface area contributed by atoms with Crippen molar-refractivity contribution in [2.45, 2.75) is 19.2 Å². The number of hydrogen-bond donors (Lipinski definition) is 2. The number of likely N-dealkylation sites (N-methyl/N-ethyl adjacent to an activating group) is 1. The number of hydrogen-bond acceptors (Lipinski definition) is 4. The summed E-state index contributed by atoms with van der Waals surface area (Å²) in [5.41, 5.74) is 0. The molecule has 0 spiro atoms. The van der Waals surface area contributed by atoms with Crippen LogP contribution < -0.4 is 10.6 Å². The van der Waals surface area contributed by atoms with Crippen LogP contribution in [0.15, 0.2) is 27.8 Å². The number of nitrogens with zero attached hydrogens (tertiary/aromatic N) is 2. The molecule has 0 aliphatic carbocycles. The van der Waals surface area contributed by atoms with Gasteiger partial charge in [-0.1, -0.05) is 0 Å². The van der Waals surface area contributed by atoms with Crippen LogP contribution in [-0.2, 0) is 11.3 Å². The van der Waals surface area contributed by atoms with Crippen molar-refractivity contribution in [3.05, 3.63) is 24.2 Å². The molecule has 2 N–H and O–H groups in total. The first-order valence-electron chi connectivity index (χ1n) is 7.70. The quantitative estimate of drug-likeness (QED) is 0.383. The fourth-order valence-corrected chi connectivity index (χ4v) is 1.92. The Hall–Kier alpha value is -1.74. The van der Waals surface area contributed by atoms with Gasteiger partial charge in [0.2, 0.25) is 0 Å². The van der Waals surface area contributed by atoms with Crippen molar-refractivity contribution in [1.82, 2.24) is 15.5 Å². The molecule has 0 saturated heterocycles. The van der Waals surface area contributed by atoms with Gasteiger partial charge in [-0.15, -0.1) is 0 Å². The minimum absolute atomic E-state index is 0.270. The molecule has 0 aliphatic rings. The number of rotatable bonds is 10. The molecular formula is C15H25F3N4O2. The first-order valence-corrected chi connectivity index (χ1v) is 7.70. The van der Waals surface area contributed by atoms with E-state index in [1.165, 1.54) is 11.9 Å². The van der Waals surface area contributed by atoms with Crippen LogP contribution in [0.25, 0.3) is 0 Å². The Morgan fingerprint density at radius 3 is 2.71 bits per heavy atom. The Bertz CT molecular complexity index is 464. The average Bonchev–Trinajstić information content (AvgIpc) is 3.00. The van der Waals surface area contributed by atoms with Crippen molar-refractivity contribution >= 4 is 5.96 Å². The van der Waals surface area contributed by atoms with E-state index in [2.05, 4.69) is 15.6 Å². The molecule has 0 atom stereocenters. The van der Waals surface area contributed by atoms with E-state index in [0.29, 0.717) is 32.3 Å². The van der Waals surface area contributed by atoms with Crippen LogP contribution >= 0.6 is 0 Å². The summed E-state index contributed by atoms with van der Waals surface area (Å²) in [7, 11) is 3.05. The Labute approximate surface area is 140 Å². The third-order valence-corrected chi connectivity index (χ3v) is 3.04. The van der Waals surface area contributed by atoms with Crippen molar-refractivity contribution in [3.63, 3.8) is 0 Å². The highest BCUT2D eigenvalue weighted by Crippen LogP contribution is 2.14. The molecular weight excluding hydrogens is 325 g/mol. The van der Waals surface area contributed by atoms with Crippen molar-refractivity contribution < 1.29 is 22.3 Å². The molecule has 1 rings (SSSR count). The van der Waals surface area contributed by atoms with E-state index < -0.39 is 12.7 Å². The van der Waals surface area contributed by atoms with E-state index in [9.17, 15) is 13.2 Å². The molecule has 138 valence electrons. The van der Waals surface area contributed by atoms with Crippen molar-refractivity contribution in [3.8, 4) is 0 Å². The second-order valence-corrected chi connectivity index (χ2v) is 5.26. The zero-order valence-corrected chi connectivity index (χ0v) is 14.0. The van der Waals surface area contributed by atoms with Crippen molar-refractivity contribution in [1.29, 1.82) is 0 Å². The van der Waals surface area contributed by atoms with Gasteiger partial charge in [-0.2, -0.15) is 13.2 Å². The summed E-state index contributed by atoms with van der Waals surface area (Å²) >= 11 is 0. The lowest BCUT2D eigenvalue weighted by molar-refractivity contribution is -0.142. The largest absolute Gasteiger partial charge is 0.467 e. The molecule has 0 aliphatic heterocycles. The van der Waals surface area contributed by atoms with Crippen molar-refractivity contribution in [2.75, 3.05) is 46.9 Å². The van der Waals surface area contributed by atoms with Crippen LogP contribution in [0, 0.1) is 0 Å². The van der Waals surface area contributed by atoms with Gasteiger partial charge in [-0.05, 0) is 25.6 Å². The third-order valence-electron chi connectivity index (χ3n) is 3.04. The molecule has 0 fully saturated rings. The Morgan fingerprint density at radius 2 is 2.08 bits per heavy atom. The van der Waals surface area contributed by atoms with Crippen molar-refractivity contribution in [2.24, 2.45) is 4.99 Å². The van der Waals surface area contributed by atoms with Crippen LogP contribution in [0.2, 0.25) is 0 Å². The van der Waals surface area contributed by atoms with E-state index in [-0.39, 0.29) is 6.54 Å². The molecule has 9 heteroatoms. The van der Waals surface area contributed by atoms with E-state index in [1.54, 1.807) is 13.3 Å². The minimum atomic E-state index is -4.18. The first kappa shape index (κ1) is 20.3. The highest BCUT2D eigenvalue weighted by Gasteiger charge is 2.28. The molecule has 0 saturated carbocycles. The number of guanidine groups is 1. The average molecular weight is 350 g/mol. The topological polar surface area (TPSA) is 62.0 Å². The number of aliphatic imine (C=N–C) groups is 1. The van der Waals surface area contributed by atoms with Gasteiger partial charge < -0.3 is 19.8 Å². The summed E-state index contributed by atoms with van der Waals surface area (Å²) < 4.78 is 47.2. The zero-order valence-electron chi connectivity index (χ0n) is 14.0. The predicted molar refractivity (Wildman–Crippen MR) is 85.9 cm³/mol. The number of nitrogens with one attached hydrogen (secondary N) is 2. The Balaban J connectivity index is 2.04. The summed E-state index contributed by atoms with van der Waals surface area (Å²) in [6, 6.07) is 3.65. The Morgan fingerprint density at radius 1 is 1.33 bits per heavy atom. The first-order chi connectivity index (χ1) is 11.4. The van der Waals surface area contributed by atoms with Gasteiger partial charge in [0.25, 0.3) is 0 Å². The van der Waals surface area contributed by atoms with Gasteiger partial charge in [-0.3, -0.25) is 9.89 Å². The second-order valence-electron chi connectivity index (χ2n) is 5.26. The molecule has 1 aromatic heterocycles. The van der Waals surface area contributed by atoms with Crippen LogP contribution in [0.1, 0.15) is 12.2 Å². The molecule has 1 aromatic rings.